The molecule has 2 aromatic heterocycles. The summed E-state index contributed by atoms with van der Waals surface area (Å²) in [5, 5.41) is 6.02. The van der Waals surface area contributed by atoms with Gasteiger partial charge >= 0.3 is 5.97 Å². The Morgan fingerprint density at radius 2 is 1.90 bits per heavy atom. The molecule has 146 valence electrons. The number of amides is 1. The molecule has 4 aromatic rings. The van der Waals surface area contributed by atoms with Crippen molar-refractivity contribution >= 4 is 39.2 Å². The summed E-state index contributed by atoms with van der Waals surface area (Å²) in [5.41, 5.74) is 3.56. The molecule has 0 spiro atoms. The molecule has 0 aliphatic heterocycles. The zero-order valence-electron chi connectivity index (χ0n) is 15.7. The van der Waals surface area contributed by atoms with E-state index in [-0.39, 0.29) is 6.42 Å². The van der Waals surface area contributed by atoms with E-state index in [1.165, 1.54) is 11.3 Å². The fraction of sp³-hybridized carbons (Fsp3) is 0.136. The van der Waals surface area contributed by atoms with E-state index in [9.17, 15) is 9.59 Å². The number of benzene rings is 2. The highest BCUT2D eigenvalue weighted by Crippen LogP contribution is 2.25. The highest BCUT2D eigenvalue weighted by atomic mass is 32.1. The van der Waals surface area contributed by atoms with Crippen molar-refractivity contribution in [2.45, 2.75) is 19.4 Å². The first kappa shape index (κ1) is 18.9. The number of ether oxygens (including phenoxy) is 1. The van der Waals surface area contributed by atoms with Crippen LogP contribution in [0.4, 0.5) is 5.13 Å². The number of rotatable bonds is 6. The second-order valence-corrected chi connectivity index (χ2v) is 7.42. The normalized spacial score (nSPS) is 11.9. The number of carbonyl (C=O) groups is 2. The maximum absolute atomic E-state index is 12.4. The minimum atomic E-state index is -0.920. The first-order valence-electron chi connectivity index (χ1n) is 9.16. The van der Waals surface area contributed by atoms with Gasteiger partial charge in [0.1, 0.15) is 0 Å². The Hall–Kier alpha value is -3.45. The molecule has 0 saturated carbocycles. The van der Waals surface area contributed by atoms with E-state index in [0.717, 1.165) is 27.7 Å². The minimum Gasteiger partial charge on any atom is -0.452 e. The van der Waals surface area contributed by atoms with Gasteiger partial charge < -0.3 is 9.72 Å². The average molecular weight is 405 g/mol. The molecule has 1 atom stereocenters. The predicted molar refractivity (Wildman–Crippen MR) is 114 cm³/mol. The van der Waals surface area contributed by atoms with E-state index in [0.29, 0.717) is 5.13 Å². The lowest BCUT2D eigenvalue weighted by molar-refractivity contribution is -0.152. The lowest BCUT2D eigenvalue weighted by Crippen LogP contribution is -2.30. The Morgan fingerprint density at radius 1 is 1.14 bits per heavy atom. The SMILES string of the molecule is CC(OC(=O)Cc1c[nH]c2ccccc12)C(=O)Nc1nc(-c2ccccc2)cs1. The third-order valence-electron chi connectivity index (χ3n) is 4.49. The third-order valence-corrected chi connectivity index (χ3v) is 5.25. The number of carbonyl (C=O) groups excluding carboxylic acids is 2. The zero-order chi connectivity index (χ0) is 20.2. The number of hydrogen-bond donors (Lipinski definition) is 2. The van der Waals surface area contributed by atoms with E-state index in [2.05, 4.69) is 15.3 Å². The molecule has 2 aromatic carbocycles. The van der Waals surface area contributed by atoms with Crippen molar-refractivity contribution < 1.29 is 14.3 Å². The largest absolute Gasteiger partial charge is 0.452 e. The molecule has 6 nitrogen and oxygen atoms in total. The van der Waals surface area contributed by atoms with Crippen molar-refractivity contribution in [1.29, 1.82) is 0 Å². The van der Waals surface area contributed by atoms with Crippen LogP contribution >= 0.6 is 11.3 Å². The molecule has 2 N–H and O–H groups in total. The van der Waals surface area contributed by atoms with Crippen LogP contribution in [0.2, 0.25) is 0 Å². The maximum Gasteiger partial charge on any atom is 0.311 e. The van der Waals surface area contributed by atoms with Crippen LogP contribution in [0.5, 0.6) is 0 Å². The Balaban J connectivity index is 1.35. The van der Waals surface area contributed by atoms with Gasteiger partial charge in [-0.25, -0.2) is 4.98 Å². The minimum absolute atomic E-state index is 0.0943. The number of nitrogens with zero attached hydrogens (tertiary/aromatic N) is 1. The van der Waals surface area contributed by atoms with Crippen LogP contribution in [0.1, 0.15) is 12.5 Å². The number of H-pyrrole nitrogens is 1. The quantitative estimate of drug-likeness (QED) is 0.466. The molecule has 7 heteroatoms. The number of para-hydroxylation sites is 1. The van der Waals surface area contributed by atoms with Crippen LogP contribution in [0.25, 0.3) is 22.2 Å². The van der Waals surface area contributed by atoms with Crippen LogP contribution in [-0.2, 0) is 20.7 Å². The van der Waals surface area contributed by atoms with Gasteiger partial charge in [0.25, 0.3) is 5.91 Å². The molecular formula is C22H19N3O3S. The van der Waals surface area contributed by atoms with Crippen molar-refractivity contribution in [2.75, 3.05) is 5.32 Å². The molecule has 0 fully saturated rings. The average Bonchev–Trinajstić information content (AvgIpc) is 3.36. The number of aromatic nitrogens is 2. The standard InChI is InChI=1S/C22H19N3O3S/c1-14(28-20(26)11-16-12-23-18-10-6-5-9-17(16)18)21(27)25-22-24-19(13-29-22)15-7-3-2-4-8-15/h2-10,12-14,23H,11H2,1H3,(H,24,25,27). The molecule has 0 radical (unpaired) electrons. The van der Waals surface area contributed by atoms with Crippen molar-refractivity contribution in [3.05, 3.63) is 71.7 Å². The molecule has 0 saturated heterocycles. The van der Waals surface area contributed by atoms with Crippen LogP contribution < -0.4 is 5.32 Å². The molecule has 1 amide bonds. The third kappa shape index (κ3) is 4.35. The zero-order valence-corrected chi connectivity index (χ0v) is 16.5. The number of esters is 1. The van der Waals surface area contributed by atoms with Crippen LogP contribution in [0.15, 0.2) is 66.2 Å². The smallest absolute Gasteiger partial charge is 0.311 e. The predicted octanol–water partition coefficient (Wildman–Crippen LogP) is 4.40. The van der Waals surface area contributed by atoms with Crippen molar-refractivity contribution in [1.82, 2.24) is 9.97 Å². The van der Waals surface area contributed by atoms with Crippen molar-refractivity contribution in [3.8, 4) is 11.3 Å². The Bertz CT molecular complexity index is 1150. The van der Waals surface area contributed by atoms with Gasteiger partial charge in [0.2, 0.25) is 0 Å². The molecule has 4 rings (SSSR count). The molecule has 0 aliphatic carbocycles. The van der Waals surface area contributed by atoms with Gasteiger partial charge in [0.05, 0.1) is 12.1 Å². The number of nitrogens with one attached hydrogen (secondary N) is 2. The fourth-order valence-electron chi connectivity index (χ4n) is 3.01. The van der Waals surface area contributed by atoms with E-state index in [1.807, 2.05) is 60.0 Å². The van der Waals surface area contributed by atoms with Gasteiger partial charge in [-0.15, -0.1) is 11.3 Å². The lowest BCUT2D eigenvalue weighted by Gasteiger charge is -2.12. The molecular weight excluding hydrogens is 386 g/mol. The highest BCUT2D eigenvalue weighted by molar-refractivity contribution is 7.14. The van der Waals surface area contributed by atoms with Gasteiger partial charge in [-0.1, -0.05) is 48.5 Å². The van der Waals surface area contributed by atoms with Gasteiger partial charge in [0, 0.05) is 28.0 Å². The summed E-state index contributed by atoms with van der Waals surface area (Å²) >= 11 is 1.33. The van der Waals surface area contributed by atoms with E-state index in [1.54, 1.807) is 13.1 Å². The summed E-state index contributed by atoms with van der Waals surface area (Å²) in [6.45, 7) is 1.55. The van der Waals surface area contributed by atoms with Crippen LogP contribution in [0.3, 0.4) is 0 Å². The van der Waals surface area contributed by atoms with Crippen molar-refractivity contribution in [3.63, 3.8) is 0 Å². The summed E-state index contributed by atoms with van der Waals surface area (Å²) in [4.78, 5) is 32.2. The summed E-state index contributed by atoms with van der Waals surface area (Å²) < 4.78 is 5.31. The Labute approximate surface area is 171 Å². The van der Waals surface area contributed by atoms with Gasteiger partial charge in [0.15, 0.2) is 11.2 Å². The fourth-order valence-corrected chi connectivity index (χ4v) is 3.73. The van der Waals surface area contributed by atoms with Gasteiger partial charge in [-0.3, -0.25) is 14.9 Å². The monoisotopic (exact) mass is 405 g/mol. The second-order valence-electron chi connectivity index (χ2n) is 6.56. The second kappa shape index (κ2) is 8.28. The first-order chi connectivity index (χ1) is 14.1. The van der Waals surface area contributed by atoms with E-state index >= 15 is 0 Å². The summed E-state index contributed by atoms with van der Waals surface area (Å²) in [7, 11) is 0. The summed E-state index contributed by atoms with van der Waals surface area (Å²) in [6.07, 6.45) is 0.964. The Kier molecular flexibility index (Phi) is 5.39. The van der Waals surface area contributed by atoms with Gasteiger partial charge in [-0.2, -0.15) is 0 Å². The van der Waals surface area contributed by atoms with Crippen LogP contribution in [0, 0.1) is 0 Å². The topological polar surface area (TPSA) is 84.1 Å². The number of anilines is 1. The number of thiazole rings is 1. The summed E-state index contributed by atoms with van der Waals surface area (Å²) in [6, 6.07) is 17.4. The number of fused-ring (bicyclic) bond motifs is 1. The lowest BCUT2D eigenvalue weighted by atomic mass is 10.1. The summed E-state index contributed by atoms with van der Waals surface area (Å²) in [5.74, 6) is -0.868. The highest BCUT2D eigenvalue weighted by Gasteiger charge is 2.20. The Morgan fingerprint density at radius 3 is 2.72 bits per heavy atom. The first-order valence-corrected chi connectivity index (χ1v) is 10.0. The molecule has 2 heterocycles. The molecule has 29 heavy (non-hydrogen) atoms. The number of hydrogen-bond acceptors (Lipinski definition) is 5. The van der Waals surface area contributed by atoms with Crippen LogP contribution in [-0.4, -0.2) is 27.9 Å². The van der Waals surface area contributed by atoms with E-state index in [4.69, 9.17) is 4.74 Å². The van der Waals surface area contributed by atoms with Gasteiger partial charge in [-0.05, 0) is 18.6 Å². The van der Waals surface area contributed by atoms with Crippen molar-refractivity contribution in [2.24, 2.45) is 0 Å². The molecule has 0 bridgehead atoms. The molecule has 0 aliphatic rings. The van der Waals surface area contributed by atoms with E-state index < -0.39 is 18.0 Å². The number of aromatic amines is 1. The maximum atomic E-state index is 12.4. The molecule has 1 unspecified atom stereocenters.